The maximum absolute atomic E-state index is 11.2. The van der Waals surface area contributed by atoms with Gasteiger partial charge in [0.15, 0.2) is 12.4 Å². The van der Waals surface area contributed by atoms with Crippen molar-refractivity contribution in [3.63, 3.8) is 0 Å². The van der Waals surface area contributed by atoms with E-state index in [1.807, 2.05) is 0 Å². The van der Waals surface area contributed by atoms with E-state index in [0.29, 0.717) is 6.54 Å². The Kier molecular flexibility index (Phi) is 5.42. The van der Waals surface area contributed by atoms with Gasteiger partial charge in [-0.2, -0.15) is 0 Å². The first-order valence-electron chi connectivity index (χ1n) is 5.17. The molecule has 0 heterocycles. The average Bonchev–Trinajstić information content (AvgIpc) is 2.26. The van der Waals surface area contributed by atoms with E-state index in [2.05, 4.69) is 5.32 Å². The minimum atomic E-state index is -3.91. The maximum atomic E-state index is 11.2. The number of carbonyl (C=O) groups excluding carboxylic acids is 1. The van der Waals surface area contributed by atoms with Crippen LogP contribution >= 0.6 is 23.2 Å². The van der Waals surface area contributed by atoms with Crippen LogP contribution in [0.25, 0.3) is 0 Å². The Balaban J connectivity index is 2.95. The average molecular weight is 327 g/mol. The molecule has 0 atom stereocenters. The summed E-state index contributed by atoms with van der Waals surface area (Å²) in [5, 5.41) is 7.40. The van der Waals surface area contributed by atoms with Crippen molar-refractivity contribution >= 4 is 39.1 Å². The summed E-state index contributed by atoms with van der Waals surface area (Å²) in [5.74, 6) is -0.313. The van der Waals surface area contributed by atoms with Crippen LogP contribution in [0, 0.1) is 0 Å². The van der Waals surface area contributed by atoms with E-state index in [1.54, 1.807) is 6.92 Å². The molecule has 0 aliphatic rings. The largest absolute Gasteiger partial charge is 0.481 e. The Morgan fingerprint density at radius 1 is 1.37 bits per heavy atom. The van der Waals surface area contributed by atoms with E-state index in [4.69, 9.17) is 33.1 Å². The predicted octanol–water partition coefficient (Wildman–Crippen LogP) is 1.16. The van der Waals surface area contributed by atoms with Crippen LogP contribution in [0.5, 0.6) is 5.75 Å². The third-order valence-electron chi connectivity index (χ3n) is 2.02. The summed E-state index contributed by atoms with van der Waals surface area (Å²) in [4.78, 5) is 11.0. The monoisotopic (exact) mass is 326 g/mol. The van der Waals surface area contributed by atoms with E-state index in [-0.39, 0.29) is 33.2 Å². The summed E-state index contributed by atoms with van der Waals surface area (Å²) < 4.78 is 27.4. The molecule has 0 bridgehead atoms. The van der Waals surface area contributed by atoms with Crippen molar-refractivity contribution < 1.29 is 17.9 Å². The van der Waals surface area contributed by atoms with Crippen LogP contribution in [0.4, 0.5) is 0 Å². The number of ether oxygens (including phenoxy) is 1. The first-order valence-corrected chi connectivity index (χ1v) is 7.47. The molecule has 0 radical (unpaired) electrons. The van der Waals surface area contributed by atoms with Crippen LogP contribution in [0.1, 0.15) is 6.92 Å². The molecule has 0 saturated heterocycles. The van der Waals surface area contributed by atoms with E-state index in [1.165, 1.54) is 0 Å². The van der Waals surface area contributed by atoms with Crippen molar-refractivity contribution in [2.24, 2.45) is 5.14 Å². The van der Waals surface area contributed by atoms with Crippen molar-refractivity contribution in [3.05, 3.63) is 22.2 Å². The fourth-order valence-corrected chi connectivity index (χ4v) is 2.51. The molecule has 0 aliphatic carbocycles. The molecule has 0 unspecified atom stereocenters. The number of carbonyl (C=O) groups is 1. The molecular formula is C10H12Cl2N2O4S. The first-order chi connectivity index (χ1) is 8.75. The number of hydrogen-bond donors (Lipinski definition) is 2. The highest BCUT2D eigenvalue weighted by Crippen LogP contribution is 2.35. The van der Waals surface area contributed by atoms with Gasteiger partial charge in [0, 0.05) is 6.54 Å². The SMILES string of the molecule is CCNC(=O)COc1c(Cl)cc(S(N)(=O)=O)cc1Cl. The third kappa shape index (κ3) is 4.54. The van der Waals surface area contributed by atoms with Crippen molar-refractivity contribution in [1.29, 1.82) is 0 Å². The quantitative estimate of drug-likeness (QED) is 0.848. The zero-order chi connectivity index (χ0) is 14.6. The van der Waals surface area contributed by atoms with Gasteiger partial charge in [-0.3, -0.25) is 4.79 Å². The number of sulfonamides is 1. The van der Waals surface area contributed by atoms with E-state index >= 15 is 0 Å². The van der Waals surface area contributed by atoms with Gasteiger partial charge in [0.05, 0.1) is 14.9 Å². The standard InChI is InChI=1S/C10H12Cl2N2O4S/c1-2-14-9(15)5-18-10-7(11)3-6(4-8(10)12)19(13,16)17/h3-4H,2,5H2,1H3,(H,14,15)(H2,13,16,17). The van der Waals surface area contributed by atoms with Gasteiger partial charge in [0.1, 0.15) is 0 Å². The molecule has 0 aliphatic heterocycles. The zero-order valence-electron chi connectivity index (χ0n) is 9.94. The van der Waals surface area contributed by atoms with E-state index in [0.717, 1.165) is 12.1 Å². The van der Waals surface area contributed by atoms with Crippen molar-refractivity contribution in [2.45, 2.75) is 11.8 Å². The molecule has 0 aromatic heterocycles. The van der Waals surface area contributed by atoms with Gasteiger partial charge in [-0.25, -0.2) is 13.6 Å². The van der Waals surface area contributed by atoms with Crippen LogP contribution in [0.3, 0.4) is 0 Å². The van der Waals surface area contributed by atoms with Gasteiger partial charge >= 0.3 is 0 Å². The van der Waals surface area contributed by atoms with Crippen LogP contribution in [0.2, 0.25) is 10.0 Å². The Morgan fingerprint density at radius 3 is 2.32 bits per heavy atom. The Morgan fingerprint density at radius 2 is 1.89 bits per heavy atom. The topological polar surface area (TPSA) is 98.5 Å². The zero-order valence-corrected chi connectivity index (χ0v) is 12.3. The predicted molar refractivity (Wildman–Crippen MR) is 72.0 cm³/mol. The highest BCUT2D eigenvalue weighted by Gasteiger charge is 2.16. The lowest BCUT2D eigenvalue weighted by Crippen LogP contribution is -2.28. The van der Waals surface area contributed by atoms with Gasteiger partial charge in [-0.1, -0.05) is 23.2 Å². The molecule has 9 heteroatoms. The van der Waals surface area contributed by atoms with E-state index < -0.39 is 10.0 Å². The summed E-state index contributed by atoms with van der Waals surface area (Å²) in [6.45, 7) is 1.95. The number of nitrogens with two attached hydrogens (primary N) is 1. The number of hydrogen-bond acceptors (Lipinski definition) is 4. The lowest BCUT2D eigenvalue weighted by atomic mass is 10.3. The number of primary sulfonamides is 1. The van der Waals surface area contributed by atoms with Gasteiger partial charge in [0.2, 0.25) is 10.0 Å². The van der Waals surface area contributed by atoms with Crippen molar-refractivity contribution in [3.8, 4) is 5.75 Å². The molecule has 6 nitrogen and oxygen atoms in total. The molecule has 1 amide bonds. The number of rotatable bonds is 5. The van der Waals surface area contributed by atoms with Crippen molar-refractivity contribution in [1.82, 2.24) is 5.32 Å². The molecule has 1 aromatic carbocycles. The third-order valence-corrected chi connectivity index (χ3v) is 3.48. The highest BCUT2D eigenvalue weighted by atomic mass is 35.5. The molecule has 106 valence electrons. The minimum Gasteiger partial charge on any atom is -0.481 e. The van der Waals surface area contributed by atoms with Gasteiger partial charge in [-0.05, 0) is 19.1 Å². The number of likely N-dealkylation sites (N-methyl/N-ethyl adjacent to an activating group) is 1. The lowest BCUT2D eigenvalue weighted by molar-refractivity contribution is -0.122. The molecule has 0 fully saturated rings. The fourth-order valence-electron chi connectivity index (χ4n) is 1.22. The van der Waals surface area contributed by atoms with Crippen LogP contribution < -0.4 is 15.2 Å². The minimum absolute atomic E-state index is 0.0296. The van der Waals surface area contributed by atoms with Crippen LogP contribution in [-0.4, -0.2) is 27.5 Å². The Labute approximate surface area is 120 Å². The second-order valence-electron chi connectivity index (χ2n) is 3.50. The van der Waals surface area contributed by atoms with Gasteiger partial charge < -0.3 is 10.1 Å². The second kappa shape index (κ2) is 6.42. The number of nitrogens with one attached hydrogen (secondary N) is 1. The summed E-state index contributed by atoms with van der Waals surface area (Å²) in [5.41, 5.74) is 0. The Bertz CT molecular complexity index is 566. The van der Waals surface area contributed by atoms with Crippen molar-refractivity contribution in [2.75, 3.05) is 13.2 Å². The summed E-state index contributed by atoms with van der Waals surface area (Å²) in [7, 11) is -3.91. The van der Waals surface area contributed by atoms with Gasteiger partial charge in [-0.15, -0.1) is 0 Å². The van der Waals surface area contributed by atoms with Crippen LogP contribution in [0.15, 0.2) is 17.0 Å². The Hall–Kier alpha value is -1.02. The maximum Gasteiger partial charge on any atom is 0.257 e. The summed E-state index contributed by atoms with van der Waals surface area (Å²) >= 11 is 11.7. The second-order valence-corrected chi connectivity index (χ2v) is 5.88. The van der Waals surface area contributed by atoms with E-state index in [9.17, 15) is 13.2 Å². The normalized spacial score (nSPS) is 11.2. The fraction of sp³-hybridized carbons (Fsp3) is 0.300. The highest BCUT2D eigenvalue weighted by molar-refractivity contribution is 7.89. The molecule has 1 aromatic rings. The number of amides is 1. The lowest BCUT2D eigenvalue weighted by Gasteiger charge is -2.11. The number of benzene rings is 1. The summed E-state index contributed by atoms with van der Waals surface area (Å²) in [6.07, 6.45) is 0. The van der Waals surface area contributed by atoms with Gasteiger partial charge in [0.25, 0.3) is 5.91 Å². The van der Waals surface area contributed by atoms with Crippen LogP contribution in [-0.2, 0) is 14.8 Å². The molecule has 3 N–H and O–H groups in total. The molecule has 1 rings (SSSR count). The molecule has 19 heavy (non-hydrogen) atoms. The molecule has 0 saturated carbocycles. The number of halogens is 2. The smallest absolute Gasteiger partial charge is 0.257 e. The first kappa shape index (κ1) is 16.0. The molecular weight excluding hydrogens is 315 g/mol. The molecule has 0 spiro atoms. The summed E-state index contributed by atoms with van der Waals surface area (Å²) in [6, 6.07) is 2.21.